The van der Waals surface area contributed by atoms with E-state index in [0.29, 0.717) is 0 Å². The molecule has 2 nitrogen and oxygen atoms in total. The van der Waals surface area contributed by atoms with Crippen LogP contribution in [0.1, 0.15) is 27.0 Å². The molecule has 0 aliphatic rings. The lowest BCUT2D eigenvalue weighted by molar-refractivity contribution is 0.103. The van der Waals surface area contributed by atoms with Crippen LogP contribution in [0, 0.1) is 0 Å². The number of nitrogens with two attached hydrogens (primary N) is 1. The van der Waals surface area contributed by atoms with Crippen LogP contribution in [0.3, 0.4) is 0 Å². The number of ketones is 1. The van der Waals surface area contributed by atoms with Crippen LogP contribution < -0.4 is 5.73 Å². The van der Waals surface area contributed by atoms with Gasteiger partial charge in [-0.05, 0) is 30.0 Å². The summed E-state index contributed by atoms with van der Waals surface area (Å²) in [6.07, 6.45) is 1.62. The number of carbonyl (C=O) groups is 1. The van der Waals surface area contributed by atoms with Crippen molar-refractivity contribution >= 4 is 11.5 Å². The second-order valence-corrected chi connectivity index (χ2v) is 5.55. The molecule has 0 saturated carbocycles. The number of benzene rings is 3. The van der Waals surface area contributed by atoms with E-state index >= 15 is 0 Å². The first-order valence-corrected chi connectivity index (χ1v) is 7.77. The number of carbonyl (C=O) groups excluding carboxylic acids is 1. The second kappa shape index (κ2) is 6.93. The highest BCUT2D eigenvalue weighted by atomic mass is 16.1. The van der Waals surface area contributed by atoms with Gasteiger partial charge in [0.15, 0.2) is 5.78 Å². The van der Waals surface area contributed by atoms with Crippen molar-refractivity contribution in [1.29, 1.82) is 0 Å². The standard InChI is InChI=1S/C21H19NO/c22-20-13-7-5-9-17(20)15-14-16-8-4-6-12-19(16)21(23)18-10-2-1-3-11-18/h1-13H,14-15,22H2. The lowest BCUT2D eigenvalue weighted by atomic mass is 9.94. The van der Waals surface area contributed by atoms with E-state index < -0.39 is 0 Å². The molecule has 0 aromatic heterocycles. The third-order valence-electron chi connectivity index (χ3n) is 4.02. The first kappa shape index (κ1) is 15.0. The first-order chi connectivity index (χ1) is 11.3. The van der Waals surface area contributed by atoms with Gasteiger partial charge in [0.1, 0.15) is 0 Å². The van der Waals surface area contributed by atoms with Gasteiger partial charge in [0.2, 0.25) is 0 Å². The molecule has 0 saturated heterocycles. The van der Waals surface area contributed by atoms with Crippen LogP contribution in [0.4, 0.5) is 5.69 Å². The fourth-order valence-electron chi connectivity index (χ4n) is 2.74. The van der Waals surface area contributed by atoms with Gasteiger partial charge < -0.3 is 5.73 Å². The van der Waals surface area contributed by atoms with E-state index in [1.165, 1.54) is 0 Å². The molecule has 3 rings (SSSR count). The Kier molecular flexibility index (Phi) is 4.53. The third-order valence-corrected chi connectivity index (χ3v) is 4.02. The van der Waals surface area contributed by atoms with Gasteiger partial charge in [-0.2, -0.15) is 0 Å². The topological polar surface area (TPSA) is 43.1 Å². The second-order valence-electron chi connectivity index (χ2n) is 5.55. The van der Waals surface area contributed by atoms with Crippen LogP contribution in [0.15, 0.2) is 78.9 Å². The Labute approximate surface area is 136 Å². The van der Waals surface area contributed by atoms with Gasteiger partial charge in [-0.1, -0.05) is 72.8 Å². The number of aryl methyl sites for hydroxylation is 2. The van der Waals surface area contributed by atoms with E-state index in [9.17, 15) is 4.79 Å². The zero-order valence-corrected chi connectivity index (χ0v) is 12.9. The van der Waals surface area contributed by atoms with Gasteiger partial charge in [-0.25, -0.2) is 0 Å². The summed E-state index contributed by atoms with van der Waals surface area (Å²) in [5, 5.41) is 0. The Balaban J connectivity index is 1.84. The molecule has 0 amide bonds. The zero-order chi connectivity index (χ0) is 16.1. The average molecular weight is 301 g/mol. The van der Waals surface area contributed by atoms with Gasteiger partial charge in [0.05, 0.1) is 0 Å². The molecule has 0 atom stereocenters. The number of rotatable bonds is 5. The minimum atomic E-state index is 0.0715. The maximum Gasteiger partial charge on any atom is 0.193 e. The summed E-state index contributed by atoms with van der Waals surface area (Å²) in [6, 6.07) is 25.1. The molecule has 0 radical (unpaired) electrons. The zero-order valence-electron chi connectivity index (χ0n) is 12.9. The fourth-order valence-corrected chi connectivity index (χ4v) is 2.74. The van der Waals surface area contributed by atoms with Crippen molar-refractivity contribution in [1.82, 2.24) is 0 Å². The lowest BCUT2D eigenvalue weighted by Gasteiger charge is -2.10. The summed E-state index contributed by atoms with van der Waals surface area (Å²) in [5.41, 5.74) is 10.5. The Bertz CT molecular complexity index is 809. The molecule has 0 spiro atoms. The van der Waals surface area contributed by atoms with Crippen molar-refractivity contribution in [3.63, 3.8) is 0 Å². The molecule has 0 unspecified atom stereocenters. The van der Waals surface area contributed by atoms with E-state index in [-0.39, 0.29) is 5.78 Å². The predicted octanol–water partition coefficient (Wildman–Crippen LogP) is 4.29. The molecule has 3 aromatic rings. The third kappa shape index (κ3) is 3.49. The molecule has 0 aliphatic heterocycles. The largest absolute Gasteiger partial charge is 0.399 e. The number of hydrogen-bond donors (Lipinski definition) is 1. The summed E-state index contributed by atoms with van der Waals surface area (Å²) >= 11 is 0. The molecule has 0 heterocycles. The number of anilines is 1. The highest BCUT2D eigenvalue weighted by Gasteiger charge is 2.13. The van der Waals surface area contributed by atoms with E-state index in [1.807, 2.05) is 78.9 Å². The summed E-state index contributed by atoms with van der Waals surface area (Å²) in [5.74, 6) is 0.0715. The SMILES string of the molecule is Nc1ccccc1CCc1ccccc1C(=O)c1ccccc1. The lowest BCUT2D eigenvalue weighted by Crippen LogP contribution is -2.06. The Morgan fingerprint density at radius 1 is 0.696 bits per heavy atom. The van der Waals surface area contributed by atoms with Gasteiger partial charge in [-0.3, -0.25) is 4.79 Å². The van der Waals surface area contributed by atoms with Gasteiger partial charge in [-0.15, -0.1) is 0 Å². The number of nitrogen functional groups attached to an aromatic ring is 1. The van der Waals surface area contributed by atoms with Crippen molar-refractivity contribution in [3.8, 4) is 0 Å². The smallest absolute Gasteiger partial charge is 0.193 e. The van der Waals surface area contributed by atoms with E-state index in [1.54, 1.807) is 0 Å². The average Bonchev–Trinajstić information content (AvgIpc) is 2.61. The van der Waals surface area contributed by atoms with Gasteiger partial charge in [0.25, 0.3) is 0 Å². The van der Waals surface area contributed by atoms with Crippen molar-refractivity contribution in [2.75, 3.05) is 5.73 Å². The van der Waals surface area contributed by atoms with Gasteiger partial charge in [0, 0.05) is 16.8 Å². The molecule has 0 bridgehead atoms. The molecule has 114 valence electrons. The maximum atomic E-state index is 12.7. The highest BCUT2D eigenvalue weighted by molar-refractivity contribution is 6.09. The molecular weight excluding hydrogens is 282 g/mol. The van der Waals surface area contributed by atoms with Crippen molar-refractivity contribution in [2.45, 2.75) is 12.8 Å². The summed E-state index contributed by atoms with van der Waals surface area (Å²) in [7, 11) is 0. The van der Waals surface area contributed by atoms with Crippen LogP contribution in [0.25, 0.3) is 0 Å². The fraction of sp³-hybridized carbons (Fsp3) is 0.0952. The Morgan fingerprint density at radius 3 is 2.00 bits per heavy atom. The minimum Gasteiger partial charge on any atom is -0.399 e. The van der Waals surface area contributed by atoms with E-state index in [4.69, 9.17) is 5.73 Å². The molecule has 0 fully saturated rings. The molecule has 2 heteroatoms. The van der Waals surface area contributed by atoms with E-state index in [0.717, 1.165) is 40.8 Å². The molecular formula is C21H19NO. The number of hydrogen-bond acceptors (Lipinski definition) is 2. The Hall–Kier alpha value is -2.87. The summed E-state index contributed by atoms with van der Waals surface area (Å²) in [6.45, 7) is 0. The van der Waals surface area contributed by atoms with Crippen LogP contribution in [0.5, 0.6) is 0 Å². The minimum absolute atomic E-state index is 0.0715. The van der Waals surface area contributed by atoms with Crippen molar-refractivity contribution in [3.05, 3.63) is 101 Å². The van der Waals surface area contributed by atoms with Crippen LogP contribution >= 0.6 is 0 Å². The summed E-state index contributed by atoms with van der Waals surface area (Å²) < 4.78 is 0. The van der Waals surface area contributed by atoms with Crippen LogP contribution in [0.2, 0.25) is 0 Å². The Morgan fingerprint density at radius 2 is 1.26 bits per heavy atom. The predicted molar refractivity (Wildman–Crippen MR) is 94.6 cm³/mol. The van der Waals surface area contributed by atoms with Gasteiger partial charge >= 0.3 is 0 Å². The van der Waals surface area contributed by atoms with Crippen molar-refractivity contribution in [2.24, 2.45) is 0 Å². The van der Waals surface area contributed by atoms with Crippen LogP contribution in [-0.4, -0.2) is 5.78 Å². The molecule has 3 aromatic carbocycles. The van der Waals surface area contributed by atoms with Crippen molar-refractivity contribution < 1.29 is 4.79 Å². The number of para-hydroxylation sites is 1. The quantitative estimate of drug-likeness (QED) is 0.564. The molecule has 2 N–H and O–H groups in total. The first-order valence-electron chi connectivity index (χ1n) is 7.77. The molecule has 0 aliphatic carbocycles. The summed E-state index contributed by atoms with van der Waals surface area (Å²) in [4.78, 5) is 12.7. The monoisotopic (exact) mass is 301 g/mol. The molecule has 23 heavy (non-hydrogen) atoms. The van der Waals surface area contributed by atoms with E-state index in [2.05, 4.69) is 0 Å². The maximum absolute atomic E-state index is 12.7. The van der Waals surface area contributed by atoms with Crippen LogP contribution in [-0.2, 0) is 12.8 Å². The highest BCUT2D eigenvalue weighted by Crippen LogP contribution is 2.19. The normalized spacial score (nSPS) is 10.4.